The lowest BCUT2D eigenvalue weighted by Crippen LogP contribution is -2.43. The van der Waals surface area contributed by atoms with E-state index in [0.717, 1.165) is 30.8 Å². The molecule has 1 unspecified atom stereocenters. The third-order valence-corrected chi connectivity index (χ3v) is 3.52. The van der Waals surface area contributed by atoms with Gasteiger partial charge in [-0.2, -0.15) is 0 Å². The number of nitrogens with one attached hydrogen (secondary N) is 3. The molecule has 1 atom stereocenters. The number of aromatic nitrogens is 2. The van der Waals surface area contributed by atoms with Gasteiger partial charge in [-0.05, 0) is 19.3 Å². The molecule has 120 valence electrons. The Kier molecular flexibility index (Phi) is 7.75. The summed E-state index contributed by atoms with van der Waals surface area (Å²) < 4.78 is 0. The van der Waals surface area contributed by atoms with Crippen LogP contribution in [-0.4, -0.2) is 28.5 Å². The lowest BCUT2D eigenvalue weighted by Gasteiger charge is -2.14. The van der Waals surface area contributed by atoms with Crippen LogP contribution in [0.5, 0.6) is 0 Å². The second-order valence-corrected chi connectivity index (χ2v) is 6.16. The average molecular weight is 315 g/mol. The van der Waals surface area contributed by atoms with Crippen LogP contribution in [0.1, 0.15) is 52.1 Å². The Morgan fingerprint density at radius 2 is 2.10 bits per heavy atom. The number of H-pyrrole nitrogens is 1. The summed E-state index contributed by atoms with van der Waals surface area (Å²) in [6.45, 7) is 9.33. The van der Waals surface area contributed by atoms with Crippen molar-refractivity contribution in [2.24, 2.45) is 5.92 Å². The zero-order valence-corrected chi connectivity index (χ0v) is 14.2. The number of unbranched alkanes of at least 4 members (excludes halogenated alkanes) is 1. The zero-order chi connectivity index (χ0) is 15.8. The minimum Gasteiger partial charge on any atom is -0.354 e. The van der Waals surface area contributed by atoms with E-state index in [1.54, 1.807) is 0 Å². The summed E-state index contributed by atoms with van der Waals surface area (Å²) in [4.78, 5) is 19.4. The number of carbonyl (C=O) groups is 1. The number of hydrogen-bond donors (Lipinski definition) is 3. The molecule has 0 aliphatic heterocycles. The van der Waals surface area contributed by atoms with E-state index in [4.69, 9.17) is 11.6 Å². The number of amides is 1. The summed E-state index contributed by atoms with van der Waals surface area (Å²) in [5.74, 6) is 1.37. The molecule has 1 aromatic rings. The van der Waals surface area contributed by atoms with Gasteiger partial charge < -0.3 is 15.6 Å². The highest BCUT2D eigenvalue weighted by molar-refractivity contribution is 6.30. The highest BCUT2D eigenvalue weighted by Gasteiger charge is 2.14. The maximum atomic E-state index is 11.9. The highest BCUT2D eigenvalue weighted by Crippen LogP contribution is 2.14. The zero-order valence-electron chi connectivity index (χ0n) is 13.4. The van der Waals surface area contributed by atoms with E-state index >= 15 is 0 Å². The first-order chi connectivity index (χ1) is 9.93. The molecule has 1 aromatic heterocycles. The van der Waals surface area contributed by atoms with E-state index in [0.29, 0.717) is 24.2 Å². The van der Waals surface area contributed by atoms with Crippen LogP contribution in [0.25, 0.3) is 0 Å². The Morgan fingerprint density at radius 1 is 1.38 bits per heavy atom. The average Bonchev–Trinajstić information content (AvgIpc) is 2.80. The number of nitrogens with zero attached hydrogens (tertiary/aromatic N) is 1. The van der Waals surface area contributed by atoms with E-state index in [1.165, 1.54) is 0 Å². The highest BCUT2D eigenvalue weighted by atomic mass is 35.5. The SMILES string of the molecule is CCCCc1nc(Cl)c(CNC(C)C(=O)NCC(C)C)[nH]1. The third-order valence-electron chi connectivity index (χ3n) is 3.21. The van der Waals surface area contributed by atoms with Gasteiger partial charge in [-0.15, -0.1) is 0 Å². The van der Waals surface area contributed by atoms with Gasteiger partial charge in [0.1, 0.15) is 5.82 Å². The van der Waals surface area contributed by atoms with Crippen molar-refractivity contribution >= 4 is 17.5 Å². The van der Waals surface area contributed by atoms with E-state index in [2.05, 4.69) is 41.4 Å². The van der Waals surface area contributed by atoms with E-state index in [1.807, 2.05) is 6.92 Å². The Hall–Kier alpha value is -1.07. The number of imidazole rings is 1. The van der Waals surface area contributed by atoms with E-state index < -0.39 is 0 Å². The van der Waals surface area contributed by atoms with Crippen LogP contribution in [0.2, 0.25) is 5.15 Å². The van der Waals surface area contributed by atoms with Gasteiger partial charge in [0.15, 0.2) is 5.15 Å². The fraction of sp³-hybridized carbons (Fsp3) is 0.733. The maximum Gasteiger partial charge on any atom is 0.236 e. The van der Waals surface area contributed by atoms with Crippen molar-refractivity contribution in [2.45, 2.75) is 59.5 Å². The van der Waals surface area contributed by atoms with Crippen molar-refractivity contribution in [1.29, 1.82) is 0 Å². The molecule has 0 aromatic carbocycles. The fourth-order valence-corrected chi connectivity index (χ4v) is 2.04. The summed E-state index contributed by atoms with van der Waals surface area (Å²) in [6.07, 6.45) is 3.12. The first-order valence-electron chi connectivity index (χ1n) is 7.68. The molecule has 1 heterocycles. The largest absolute Gasteiger partial charge is 0.354 e. The standard InChI is InChI=1S/C15H27ClN4O/c1-5-6-7-13-19-12(14(16)20-13)9-17-11(4)15(21)18-8-10(2)3/h10-11,17H,5-9H2,1-4H3,(H,18,21)(H,19,20). The Balaban J connectivity index is 2.43. The molecule has 0 aliphatic rings. The molecule has 21 heavy (non-hydrogen) atoms. The van der Waals surface area contributed by atoms with Gasteiger partial charge >= 0.3 is 0 Å². The number of hydrogen-bond acceptors (Lipinski definition) is 3. The van der Waals surface area contributed by atoms with E-state index in [9.17, 15) is 4.79 Å². The molecule has 6 heteroatoms. The predicted molar refractivity (Wildman–Crippen MR) is 86.4 cm³/mol. The van der Waals surface area contributed by atoms with Crippen LogP contribution >= 0.6 is 11.6 Å². The topological polar surface area (TPSA) is 69.8 Å². The molecule has 0 saturated heterocycles. The smallest absolute Gasteiger partial charge is 0.236 e. The maximum absolute atomic E-state index is 11.9. The van der Waals surface area contributed by atoms with Crippen molar-refractivity contribution in [3.8, 4) is 0 Å². The summed E-state index contributed by atoms with van der Waals surface area (Å²) in [5.41, 5.74) is 0.839. The quantitative estimate of drug-likeness (QED) is 0.656. The van der Waals surface area contributed by atoms with Gasteiger partial charge in [-0.25, -0.2) is 4.98 Å². The Morgan fingerprint density at radius 3 is 2.71 bits per heavy atom. The molecular formula is C15H27ClN4O. The van der Waals surface area contributed by atoms with Crippen LogP contribution in [0.15, 0.2) is 0 Å². The molecule has 3 N–H and O–H groups in total. The molecule has 1 amide bonds. The lowest BCUT2D eigenvalue weighted by molar-refractivity contribution is -0.122. The molecule has 0 fully saturated rings. The number of rotatable bonds is 9. The van der Waals surface area contributed by atoms with E-state index in [-0.39, 0.29) is 11.9 Å². The molecule has 0 aliphatic carbocycles. The molecule has 5 nitrogen and oxygen atoms in total. The van der Waals surface area contributed by atoms with Gasteiger partial charge in [0.2, 0.25) is 5.91 Å². The molecule has 1 rings (SSSR count). The molecule has 0 radical (unpaired) electrons. The number of aromatic amines is 1. The second-order valence-electron chi connectivity index (χ2n) is 5.80. The number of aryl methyl sites for hydroxylation is 1. The monoisotopic (exact) mass is 314 g/mol. The summed E-state index contributed by atoms with van der Waals surface area (Å²) >= 11 is 6.11. The van der Waals surface area contributed by atoms with Crippen LogP contribution < -0.4 is 10.6 Å². The van der Waals surface area contributed by atoms with Crippen LogP contribution in [-0.2, 0) is 17.8 Å². The van der Waals surface area contributed by atoms with Crippen LogP contribution in [0.4, 0.5) is 0 Å². The molecule has 0 spiro atoms. The van der Waals surface area contributed by atoms with Gasteiger partial charge in [-0.1, -0.05) is 38.8 Å². The summed E-state index contributed by atoms with van der Waals surface area (Å²) in [7, 11) is 0. The number of carbonyl (C=O) groups excluding carboxylic acids is 1. The van der Waals surface area contributed by atoms with Crippen LogP contribution in [0.3, 0.4) is 0 Å². The van der Waals surface area contributed by atoms with Crippen molar-refractivity contribution < 1.29 is 4.79 Å². The summed E-state index contributed by atoms with van der Waals surface area (Å²) in [5, 5.41) is 6.56. The van der Waals surface area contributed by atoms with Crippen molar-refractivity contribution in [1.82, 2.24) is 20.6 Å². The predicted octanol–water partition coefficient (Wildman–Crippen LogP) is 2.66. The van der Waals surface area contributed by atoms with Gasteiger partial charge in [0.25, 0.3) is 0 Å². The first kappa shape index (κ1) is 18.0. The third kappa shape index (κ3) is 6.48. The molecule has 0 bridgehead atoms. The van der Waals surface area contributed by atoms with Crippen molar-refractivity contribution in [3.63, 3.8) is 0 Å². The van der Waals surface area contributed by atoms with Gasteiger partial charge in [0.05, 0.1) is 11.7 Å². The summed E-state index contributed by atoms with van der Waals surface area (Å²) in [6, 6.07) is -0.262. The lowest BCUT2D eigenvalue weighted by atomic mass is 10.2. The number of halogens is 1. The normalized spacial score (nSPS) is 12.7. The van der Waals surface area contributed by atoms with Crippen molar-refractivity contribution in [3.05, 3.63) is 16.7 Å². The minimum absolute atomic E-state index is 0.00513. The molecule has 0 saturated carbocycles. The van der Waals surface area contributed by atoms with Crippen LogP contribution in [0, 0.1) is 5.92 Å². The first-order valence-corrected chi connectivity index (χ1v) is 8.06. The fourth-order valence-electron chi connectivity index (χ4n) is 1.83. The molecular weight excluding hydrogens is 288 g/mol. The Bertz CT molecular complexity index is 445. The van der Waals surface area contributed by atoms with Gasteiger partial charge in [0, 0.05) is 19.5 Å². The van der Waals surface area contributed by atoms with Crippen molar-refractivity contribution in [2.75, 3.05) is 6.54 Å². The minimum atomic E-state index is -0.262. The Labute approximate surface area is 132 Å². The second kappa shape index (κ2) is 9.05. The van der Waals surface area contributed by atoms with Gasteiger partial charge in [-0.3, -0.25) is 4.79 Å².